The Morgan fingerprint density at radius 3 is 2.06 bits per heavy atom. The summed E-state index contributed by atoms with van der Waals surface area (Å²) in [6.07, 6.45) is 2.76. The maximum absolute atomic E-state index is 2.63. The fourth-order valence-electron chi connectivity index (χ4n) is 2.84. The summed E-state index contributed by atoms with van der Waals surface area (Å²) in [6.45, 7) is 19.0. The normalized spacial score (nSPS) is 20.5. The van der Waals surface area contributed by atoms with Gasteiger partial charge in [0.1, 0.15) is 0 Å². The van der Waals surface area contributed by atoms with Crippen molar-refractivity contribution in [2.75, 3.05) is 26.2 Å². The van der Waals surface area contributed by atoms with Crippen LogP contribution >= 0.6 is 0 Å². The second-order valence-electron chi connectivity index (χ2n) is 6.78. The van der Waals surface area contributed by atoms with Crippen LogP contribution in [0.2, 0.25) is 0 Å². The van der Waals surface area contributed by atoms with Gasteiger partial charge in [0.2, 0.25) is 0 Å². The molecule has 1 heterocycles. The molecule has 0 aromatic rings. The van der Waals surface area contributed by atoms with Gasteiger partial charge in [-0.1, -0.05) is 6.92 Å². The SMILES string of the molecule is CCN(CC1CCN(C(C)C)CC1)C(C)(C)C. The van der Waals surface area contributed by atoms with E-state index in [9.17, 15) is 0 Å². The van der Waals surface area contributed by atoms with Crippen molar-refractivity contribution in [2.45, 2.75) is 66.0 Å². The van der Waals surface area contributed by atoms with E-state index in [4.69, 9.17) is 0 Å². The average Bonchev–Trinajstić information content (AvgIpc) is 2.24. The molecule has 0 aliphatic carbocycles. The largest absolute Gasteiger partial charge is 0.301 e. The summed E-state index contributed by atoms with van der Waals surface area (Å²) in [4.78, 5) is 5.24. The molecule has 0 spiro atoms. The van der Waals surface area contributed by atoms with E-state index in [0.29, 0.717) is 5.54 Å². The summed E-state index contributed by atoms with van der Waals surface area (Å²) in [5.74, 6) is 0.907. The quantitative estimate of drug-likeness (QED) is 0.744. The molecule has 0 aromatic heterocycles. The van der Waals surface area contributed by atoms with Crippen molar-refractivity contribution in [2.24, 2.45) is 5.92 Å². The van der Waals surface area contributed by atoms with Gasteiger partial charge >= 0.3 is 0 Å². The molecule has 17 heavy (non-hydrogen) atoms. The first-order chi connectivity index (χ1) is 7.84. The lowest BCUT2D eigenvalue weighted by Gasteiger charge is -2.41. The maximum atomic E-state index is 2.63. The van der Waals surface area contributed by atoms with Crippen molar-refractivity contribution in [1.82, 2.24) is 9.80 Å². The summed E-state index contributed by atoms with van der Waals surface area (Å²) >= 11 is 0. The Labute approximate surface area is 108 Å². The van der Waals surface area contributed by atoms with Gasteiger partial charge in [0, 0.05) is 18.1 Å². The standard InChI is InChI=1S/C15H32N2/c1-7-17(15(4,5)6)12-14-8-10-16(11-9-14)13(2)3/h13-14H,7-12H2,1-6H3. The third kappa shape index (κ3) is 4.59. The zero-order chi connectivity index (χ0) is 13.1. The Hall–Kier alpha value is -0.0800. The van der Waals surface area contributed by atoms with Crippen LogP contribution in [0.1, 0.15) is 54.4 Å². The van der Waals surface area contributed by atoms with Crippen LogP contribution in [0.15, 0.2) is 0 Å². The van der Waals surface area contributed by atoms with Crippen LogP contribution in [0.25, 0.3) is 0 Å². The van der Waals surface area contributed by atoms with Gasteiger partial charge in [-0.05, 0) is 73.0 Å². The van der Waals surface area contributed by atoms with Crippen LogP contribution in [-0.2, 0) is 0 Å². The summed E-state index contributed by atoms with van der Waals surface area (Å²) in [5.41, 5.74) is 0.323. The highest BCUT2D eigenvalue weighted by atomic mass is 15.2. The van der Waals surface area contributed by atoms with Gasteiger partial charge in [-0.2, -0.15) is 0 Å². The van der Waals surface area contributed by atoms with E-state index in [0.717, 1.165) is 12.0 Å². The Kier molecular flexibility index (Phi) is 5.46. The molecule has 0 aromatic carbocycles. The molecule has 1 aliphatic rings. The monoisotopic (exact) mass is 240 g/mol. The van der Waals surface area contributed by atoms with E-state index in [1.165, 1.54) is 39.0 Å². The summed E-state index contributed by atoms with van der Waals surface area (Å²) in [7, 11) is 0. The minimum absolute atomic E-state index is 0.323. The third-order valence-corrected chi connectivity index (χ3v) is 4.19. The smallest absolute Gasteiger partial charge is 0.0125 e. The number of hydrogen-bond donors (Lipinski definition) is 0. The van der Waals surface area contributed by atoms with Crippen LogP contribution in [-0.4, -0.2) is 47.6 Å². The molecule has 1 aliphatic heterocycles. The summed E-state index contributed by atoms with van der Waals surface area (Å²) in [5, 5.41) is 0. The molecular weight excluding hydrogens is 208 g/mol. The van der Waals surface area contributed by atoms with E-state index in [2.05, 4.69) is 51.3 Å². The number of piperidine rings is 1. The van der Waals surface area contributed by atoms with Gasteiger partial charge in [0.05, 0.1) is 0 Å². The Balaban J connectivity index is 2.39. The molecule has 0 N–H and O–H groups in total. The molecule has 1 fully saturated rings. The number of hydrogen-bond acceptors (Lipinski definition) is 2. The number of rotatable bonds is 4. The van der Waals surface area contributed by atoms with Crippen molar-refractivity contribution in [1.29, 1.82) is 0 Å². The molecular formula is C15H32N2. The lowest BCUT2D eigenvalue weighted by Crippen LogP contribution is -2.47. The van der Waals surface area contributed by atoms with Crippen LogP contribution in [0.4, 0.5) is 0 Å². The number of nitrogens with zero attached hydrogens (tertiary/aromatic N) is 2. The second-order valence-corrected chi connectivity index (χ2v) is 6.78. The van der Waals surface area contributed by atoms with Crippen LogP contribution in [0, 0.1) is 5.92 Å². The molecule has 0 bridgehead atoms. The van der Waals surface area contributed by atoms with E-state index >= 15 is 0 Å². The second kappa shape index (κ2) is 6.19. The van der Waals surface area contributed by atoms with E-state index in [-0.39, 0.29) is 0 Å². The molecule has 0 saturated carbocycles. The highest BCUT2D eigenvalue weighted by molar-refractivity contribution is 4.81. The Bertz CT molecular complexity index is 209. The van der Waals surface area contributed by atoms with Gasteiger partial charge in [-0.15, -0.1) is 0 Å². The predicted molar refractivity (Wildman–Crippen MR) is 76.4 cm³/mol. The van der Waals surface area contributed by atoms with Crippen LogP contribution < -0.4 is 0 Å². The zero-order valence-electron chi connectivity index (χ0n) is 12.8. The lowest BCUT2D eigenvalue weighted by molar-refractivity contribution is 0.0811. The Morgan fingerprint density at radius 2 is 1.71 bits per heavy atom. The van der Waals surface area contributed by atoms with Crippen LogP contribution in [0.3, 0.4) is 0 Å². The van der Waals surface area contributed by atoms with Gasteiger partial charge in [0.25, 0.3) is 0 Å². The van der Waals surface area contributed by atoms with Crippen molar-refractivity contribution in [3.05, 3.63) is 0 Å². The first-order valence-corrected chi connectivity index (χ1v) is 7.33. The topological polar surface area (TPSA) is 6.48 Å². The predicted octanol–water partition coefficient (Wildman–Crippen LogP) is 3.23. The van der Waals surface area contributed by atoms with E-state index in [1.807, 2.05) is 0 Å². The first-order valence-electron chi connectivity index (χ1n) is 7.33. The van der Waals surface area contributed by atoms with Gasteiger partial charge in [0.15, 0.2) is 0 Å². The highest BCUT2D eigenvalue weighted by Gasteiger charge is 2.26. The van der Waals surface area contributed by atoms with Crippen LogP contribution in [0.5, 0.6) is 0 Å². The summed E-state index contributed by atoms with van der Waals surface area (Å²) in [6, 6.07) is 0.723. The molecule has 0 atom stereocenters. The van der Waals surface area contributed by atoms with Gasteiger partial charge in [-0.25, -0.2) is 0 Å². The molecule has 102 valence electrons. The maximum Gasteiger partial charge on any atom is 0.0125 e. The molecule has 2 heteroatoms. The fraction of sp³-hybridized carbons (Fsp3) is 1.00. The van der Waals surface area contributed by atoms with Crippen molar-refractivity contribution < 1.29 is 0 Å². The molecule has 0 amide bonds. The van der Waals surface area contributed by atoms with Crippen molar-refractivity contribution in [3.63, 3.8) is 0 Å². The third-order valence-electron chi connectivity index (χ3n) is 4.19. The van der Waals surface area contributed by atoms with E-state index < -0.39 is 0 Å². The lowest BCUT2D eigenvalue weighted by atomic mass is 9.93. The molecule has 0 radical (unpaired) electrons. The van der Waals surface area contributed by atoms with Gasteiger partial charge < -0.3 is 4.90 Å². The minimum Gasteiger partial charge on any atom is -0.301 e. The number of likely N-dealkylation sites (tertiary alicyclic amines) is 1. The Morgan fingerprint density at radius 1 is 1.18 bits per heavy atom. The van der Waals surface area contributed by atoms with E-state index in [1.54, 1.807) is 0 Å². The minimum atomic E-state index is 0.323. The van der Waals surface area contributed by atoms with Gasteiger partial charge in [-0.3, -0.25) is 4.90 Å². The fourth-order valence-corrected chi connectivity index (χ4v) is 2.84. The van der Waals surface area contributed by atoms with Crippen molar-refractivity contribution >= 4 is 0 Å². The average molecular weight is 240 g/mol. The first kappa shape index (κ1) is 15.0. The molecule has 1 rings (SSSR count). The molecule has 0 unspecified atom stereocenters. The molecule has 2 nitrogen and oxygen atoms in total. The highest BCUT2D eigenvalue weighted by Crippen LogP contribution is 2.23. The molecule has 1 saturated heterocycles. The van der Waals surface area contributed by atoms with Crippen molar-refractivity contribution in [3.8, 4) is 0 Å². The summed E-state index contributed by atoms with van der Waals surface area (Å²) < 4.78 is 0. The zero-order valence-corrected chi connectivity index (χ0v) is 12.8.